The Morgan fingerprint density at radius 2 is 1.80 bits per heavy atom. The van der Waals surface area contributed by atoms with Gasteiger partial charge >= 0.3 is 12.1 Å². The number of halogens is 4. The molecule has 4 aromatic rings. The molecule has 4 heterocycles. The third kappa shape index (κ3) is 6.96. The first-order valence-electron chi connectivity index (χ1n) is 16.7. The van der Waals surface area contributed by atoms with Crippen molar-refractivity contribution in [3.05, 3.63) is 82.5 Å². The van der Waals surface area contributed by atoms with E-state index in [4.69, 9.17) is 16.3 Å². The molecule has 0 spiro atoms. The van der Waals surface area contributed by atoms with E-state index in [1.54, 1.807) is 41.4 Å². The molecule has 1 atom stereocenters. The zero-order valence-corrected chi connectivity index (χ0v) is 28.2. The molecule has 0 amide bonds. The van der Waals surface area contributed by atoms with Crippen molar-refractivity contribution in [3.8, 4) is 5.88 Å². The predicted octanol–water partition coefficient (Wildman–Crippen LogP) is 8.55. The Morgan fingerprint density at radius 3 is 2.51 bits per heavy atom. The van der Waals surface area contributed by atoms with E-state index in [1.165, 1.54) is 16.7 Å². The normalized spacial score (nSPS) is 20.2. The van der Waals surface area contributed by atoms with Crippen molar-refractivity contribution in [1.82, 2.24) is 14.9 Å². The number of carboxylic acids is 1. The van der Waals surface area contributed by atoms with Gasteiger partial charge in [0.15, 0.2) is 6.10 Å². The lowest BCUT2D eigenvalue weighted by Crippen LogP contribution is -2.47. The van der Waals surface area contributed by atoms with E-state index >= 15 is 0 Å². The quantitative estimate of drug-likeness (QED) is 0.209. The van der Waals surface area contributed by atoms with Crippen LogP contribution in [0.15, 0.2) is 66.4 Å². The summed E-state index contributed by atoms with van der Waals surface area (Å²) in [6, 6.07) is 16.7. The van der Waals surface area contributed by atoms with E-state index in [0.717, 1.165) is 62.7 Å². The number of benzene rings is 2. The van der Waals surface area contributed by atoms with E-state index in [-0.39, 0.29) is 29.8 Å². The molecular weight excluding hydrogens is 655 g/mol. The van der Waals surface area contributed by atoms with Crippen molar-refractivity contribution < 1.29 is 27.8 Å². The van der Waals surface area contributed by atoms with E-state index < -0.39 is 18.2 Å². The highest BCUT2D eigenvalue weighted by Crippen LogP contribution is 2.45. The van der Waals surface area contributed by atoms with Crippen molar-refractivity contribution in [1.29, 1.82) is 0 Å². The number of rotatable bonds is 6. The van der Waals surface area contributed by atoms with Crippen molar-refractivity contribution in [3.63, 3.8) is 0 Å². The van der Waals surface area contributed by atoms with Crippen LogP contribution in [0.3, 0.4) is 0 Å². The number of H-pyrrole nitrogens is 1. The van der Waals surface area contributed by atoms with Gasteiger partial charge in [0.2, 0.25) is 5.88 Å². The van der Waals surface area contributed by atoms with Crippen molar-refractivity contribution in [2.75, 3.05) is 49.1 Å². The lowest BCUT2D eigenvalue weighted by atomic mass is 9.72. The highest BCUT2D eigenvalue weighted by atomic mass is 35.5. The molecule has 1 fully saturated rings. The number of piperazine rings is 1. The molecule has 1 unspecified atom stereocenters. The number of aromatic carboxylic acids is 1. The van der Waals surface area contributed by atoms with Gasteiger partial charge in [0.05, 0.1) is 11.3 Å². The zero-order valence-electron chi connectivity index (χ0n) is 27.5. The van der Waals surface area contributed by atoms with E-state index in [2.05, 4.69) is 45.7 Å². The summed E-state index contributed by atoms with van der Waals surface area (Å²) in [7, 11) is 0. The Balaban J connectivity index is 1.15. The molecule has 0 saturated carbocycles. The van der Waals surface area contributed by atoms with Crippen LogP contribution in [0.25, 0.3) is 16.6 Å². The number of nitrogens with zero attached hydrogens (tertiary/aromatic N) is 4. The fourth-order valence-corrected chi connectivity index (χ4v) is 7.42. The zero-order chi connectivity index (χ0) is 34.5. The van der Waals surface area contributed by atoms with Crippen LogP contribution in [-0.2, 0) is 0 Å². The smallest absolute Gasteiger partial charge is 0.425 e. The summed E-state index contributed by atoms with van der Waals surface area (Å²) >= 11 is 6.20. The summed E-state index contributed by atoms with van der Waals surface area (Å²) in [4.78, 5) is 26.1. The van der Waals surface area contributed by atoms with Crippen LogP contribution in [0.4, 0.5) is 30.2 Å². The maximum Gasteiger partial charge on any atom is 0.425 e. The molecule has 0 bridgehead atoms. The topological polar surface area (TPSA) is 84.9 Å². The van der Waals surface area contributed by atoms with Gasteiger partial charge < -0.3 is 24.6 Å². The number of allylic oxidation sites excluding steroid dienone is 1. The van der Waals surface area contributed by atoms with Gasteiger partial charge in [0.25, 0.3) is 0 Å². The monoisotopic (exact) mass is 693 g/mol. The summed E-state index contributed by atoms with van der Waals surface area (Å²) in [6.07, 6.45) is -2.23. The van der Waals surface area contributed by atoms with E-state index in [0.29, 0.717) is 22.4 Å². The number of hydrogen-bond donors (Lipinski definition) is 2. The lowest BCUT2D eigenvalue weighted by Gasteiger charge is -2.39. The molecule has 7 rings (SSSR count). The number of anilines is 3. The van der Waals surface area contributed by atoms with E-state index in [1.807, 2.05) is 12.1 Å². The Kier molecular flexibility index (Phi) is 8.77. The molecule has 49 heavy (non-hydrogen) atoms. The number of fused-ring (bicyclic) bond motifs is 2. The Hall–Kier alpha value is -4.22. The molecule has 3 aliphatic rings. The molecule has 1 saturated heterocycles. The van der Waals surface area contributed by atoms with Gasteiger partial charge in [-0.3, -0.25) is 4.90 Å². The number of carboxylic acid groups (broad SMARTS) is 1. The number of carbonyl (C=O) groups is 1. The number of aromatic amines is 1. The summed E-state index contributed by atoms with van der Waals surface area (Å²) < 4.78 is 47.3. The average molecular weight is 694 g/mol. The van der Waals surface area contributed by atoms with Crippen molar-refractivity contribution in [2.24, 2.45) is 5.41 Å². The van der Waals surface area contributed by atoms with E-state index in [9.17, 15) is 23.1 Å². The van der Waals surface area contributed by atoms with Crippen LogP contribution in [0.5, 0.6) is 5.88 Å². The second-order valence-corrected chi connectivity index (χ2v) is 14.5. The molecular formula is C37H39ClF3N5O3. The van der Waals surface area contributed by atoms with Crippen molar-refractivity contribution >= 4 is 51.2 Å². The molecule has 2 aliphatic heterocycles. The van der Waals surface area contributed by atoms with Crippen LogP contribution < -0.4 is 14.5 Å². The highest BCUT2D eigenvalue weighted by molar-refractivity contribution is 6.30. The largest absolute Gasteiger partial charge is 0.478 e. The van der Waals surface area contributed by atoms with Gasteiger partial charge in [0, 0.05) is 68.0 Å². The van der Waals surface area contributed by atoms with Gasteiger partial charge in [-0.2, -0.15) is 18.2 Å². The minimum Gasteiger partial charge on any atom is -0.478 e. The maximum atomic E-state index is 14.0. The molecule has 1 aliphatic carbocycles. The average Bonchev–Trinajstić information content (AvgIpc) is 3.43. The second kappa shape index (κ2) is 12.9. The molecule has 12 heteroatoms. The minimum atomic E-state index is -4.61. The fourth-order valence-electron chi connectivity index (χ4n) is 7.29. The van der Waals surface area contributed by atoms with Crippen LogP contribution >= 0.6 is 11.6 Å². The van der Waals surface area contributed by atoms with Crippen molar-refractivity contribution in [2.45, 2.75) is 51.8 Å². The maximum absolute atomic E-state index is 14.0. The number of aromatic nitrogens is 2. The third-order valence-corrected chi connectivity index (χ3v) is 10.3. The number of ether oxygens (including phenoxy) is 1. The molecule has 2 N–H and O–H groups in total. The van der Waals surface area contributed by atoms with Crippen LogP contribution in [-0.4, -0.2) is 77.5 Å². The molecule has 258 valence electrons. The predicted molar refractivity (Wildman–Crippen MR) is 186 cm³/mol. The number of pyridine rings is 1. The molecule has 2 aromatic carbocycles. The molecule has 0 radical (unpaired) electrons. The Morgan fingerprint density at radius 1 is 1.04 bits per heavy atom. The first kappa shape index (κ1) is 33.3. The standard InChI is InChI=1S/C37H39ClF3N5O3/c1-36(2)12-9-25(29(21-36)23-3-5-26(38)6-4-23)22-44-15-17-45(18-16-44)27-7-8-28(35(47)48)30(20-27)46-14-11-32(37(39,40)41)49-34-31(46)19-24-10-13-42-33(24)43-34/h3-8,10,13,19-20,32H,9,11-12,14-18,21-22H2,1-2H3,(H,42,43)(H,47,48). The van der Waals surface area contributed by atoms with Crippen LogP contribution in [0, 0.1) is 5.41 Å². The minimum absolute atomic E-state index is 0.00477. The SMILES string of the molecule is CC1(C)CCC(CN2CCN(c3ccc(C(=O)O)c(N4CCC(C(F)(F)F)Oc5nc6[nH]ccc6cc54)c3)CC2)=C(c2ccc(Cl)cc2)C1. The summed E-state index contributed by atoms with van der Waals surface area (Å²) in [5.74, 6) is -1.36. The first-order chi connectivity index (χ1) is 23.3. The third-order valence-electron chi connectivity index (χ3n) is 10.0. The Labute approximate surface area is 288 Å². The lowest BCUT2D eigenvalue weighted by molar-refractivity contribution is -0.195. The number of alkyl halides is 3. The number of hydrogen-bond acceptors (Lipinski definition) is 6. The van der Waals surface area contributed by atoms with Gasteiger partial charge in [-0.25, -0.2) is 4.79 Å². The molecule has 8 nitrogen and oxygen atoms in total. The van der Waals surface area contributed by atoms with Gasteiger partial charge in [0.1, 0.15) is 11.3 Å². The highest BCUT2D eigenvalue weighted by Gasteiger charge is 2.44. The Bertz CT molecular complexity index is 1900. The summed E-state index contributed by atoms with van der Waals surface area (Å²) in [6.45, 7) is 8.52. The summed E-state index contributed by atoms with van der Waals surface area (Å²) in [5, 5.41) is 11.6. The van der Waals surface area contributed by atoms with Gasteiger partial charge in [-0.1, -0.05) is 43.2 Å². The van der Waals surface area contributed by atoms with Gasteiger partial charge in [-0.15, -0.1) is 0 Å². The second-order valence-electron chi connectivity index (χ2n) is 14.0. The summed E-state index contributed by atoms with van der Waals surface area (Å²) in [5.41, 5.74) is 6.13. The molecule has 2 aromatic heterocycles. The van der Waals surface area contributed by atoms with Gasteiger partial charge in [-0.05, 0) is 78.3 Å². The first-order valence-corrected chi connectivity index (χ1v) is 17.0. The fraction of sp³-hybridized carbons (Fsp3) is 0.405. The van der Waals surface area contributed by atoms with Crippen LogP contribution in [0.2, 0.25) is 5.02 Å². The van der Waals surface area contributed by atoms with Crippen LogP contribution in [0.1, 0.15) is 55.5 Å². The number of nitrogens with one attached hydrogen (secondary N) is 1.